The molecule has 1 fully saturated rings. The van der Waals surface area contributed by atoms with Crippen molar-refractivity contribution in [3.63, 3.8) is 0 Å². The van der Waals surface area contributed by atoms with Gasteiger partial charge in [-0.15, -0.1) is 0 Å². The first kappa shape index (κ1) is 20.6. The number of nitro benzene ring substituents is 1. The maximum Gasteiger partial charge on any atom is 0.277 e. The number of halogens is 1. The lowest BCUT2D eigenvalue weighted by molar-refractivity contribution is -0.918. The summed E-state index contributed by atoms with van der Waals surface area (Å²) in [5, 5.41) is 11.5. The van der Waals surface area contributed by atoms with Crippen LogP contribution in [0.3, 0.4) is 0 Å². The number of hydrogen-bond acceptors (Lipinski definition) is 5. The van der Waals surface area contributed by atoms with Gasteiger partial charge >= 0.3 is 0 Å². The maximum absolute atomic E-state index is 11.5. The predicted octanol–water partition coefficient (Wildman–Crippen LogP) is 2.28. The molecule has 0 spiro atoms. The van der Waals surface area contributed by atoms with Crippen LogP contribution < -0.4 is 14.4 Å². The standard InChI is InChI=1S/C20H24BrN3O4/c1-27-19-11-16(18(24(25)26)12-20(19)28-2)14-23-9-7-22(8-10-23)13-15-3-5-17(21)6-4-15/h3-6,11-12H,7-10,13-14H2,1-2H3/p+1. The van der Waals surface area contributed by atoms with Gasteiger partial charge in [0.25, 0.3) is 5.69 Å². The summed E-state index contributed by atoms with van der Waals surface area (Å²) in [6, 6.07) is 11.6. The summed E-state index contributed by atoms with van der Waals surface area (Å²) in [4.78, 5) is 14.9. The van der Waals surface area contributed by atoms with Gasteiger partial charge in [0, 0.05) is 35.2 Å². The molecule has 0 saturated carbocycles. The second-order valence-corrected chi connectivity index (χ2v) is 7.84. The van der Waals surface area contributed by atoms with Gasteiger partial charge in [-0.2, -0.15) is 0 Å². The monoisotopic (exact) mass is 450 g/mol. The lowest BCUT2D eigenvalue weighted by atomic mass is 10.1. The average Bonchev–Trinajstić information content (AvgIpc) is 2.70. The van der Waals surface area contributed by atoms with Crippen molar-refractivity contribution in [2.45, 2.75) is 13.1 Å². The van der Waals surface area contributed by atoms with Crippen molar-refractivity contribution in [2.75, 3.05) is 40.4 Å². The molecule has 0 atom stereocenters. The largest absolute Gasteiger partial charge is 0.493 e. The van der Waals surface area contributed by atoms with Crippen molar-refractivity contribution in [1.29, 1.82) is 0 Å². The van der Waals surface area contributed by atoms with Gasteiger partial charge < -0.3 is 14.4 Å². The summed E-state index contributed by atoms with van der Waals surface area (Å²) < 4.78 is 11.6. The van der Waals surface area contributed by atoms with E-state index in [1.807, 2.05) is 0 Å². The minimum atomic E-state index is -0.355. The number of ether oxygens (including phenoxy) is 2. The molecule has 3 rings (SSSR count). The van der Waals surface area contributed by atoms with Gasteiger partial charge in [0.2, 0.25) is 0 Å². The van der Waals surface area contributed by atoms with Crippen LogP contribution in [0.15, 0.2) is 40.9 Å². The van der Waals surface area contributed by atoms with E-state index in [-0.39, 0.29) is 10.6 Å². The summed E-state index contributed by atoms with van der Waals surface area (Å²) in [6.45, 7) is 5.35. The molecular weight excluding hydrogens is 426 g/mol. The maximum atomic E-state index is 11.5. The van der Waals surface area contributed by atoms with E-state index >= 15 is 0 Å². The van der Waals surface area contributed by atoms with Crippen molar-refractivity contribution >= 4 is 21.6 Å². The fraction of sp³-hybridized carbons (Fsp3) is 0.400. The Bertz CT molecular complexity index is 821. The van der Waals surface area contributed by atoms with E-state index in [1.54, 1.807) is 6.07 Å². The van der Waals surface area contributed by atoms with Crippen LogP contribution in [0.2, 0.25) is 0 Å². The Hall–Kier alpha value is -2.16. The van der Waals surface area contributed by atoms with Crippen LogP contribution in [-0.2, 0) is 13.1 Å². The molecule has 150 valence electrons. The van der Waals surface area contributed by atoms with Gasteiger partial charge in [0.1, 0.15) is 6.54 Å². The number of quaternary nitrogens is 1. The Balaban J connectivity index is 1.64. The molecule has 1 heterocycles. The molecule has 0 radical (unpaired) electrons. The fourth-order valence-electron chi connectivity index (χ4n) is 3.54. The number of piperazine rings is 1. The second kappa shape index (κ2) is 9.36. The SMILES string of the molecule is COc1cc(CN2CC[NH+](Cc3ccc(Br)cc3)CC2)c([N+](=O)[O-])cc1OC. The highest BCUT2D eigenvalue weighted by Crippen LogP contribution is 2.35. The van der Waals surface area contributed by atoms with E-state index in [2.05, 4.69) is 45.1 Å². The van der Waals surface area contributed by atoms with Crippen molar-refractivity contribution in [3.8, 4) is 11.5 Å². The third-order valence-corrected chi connectivity index (χ3v) is 5.63. The van der Waals surface area contributed by atoms with E-state index in [1.165, 1.54) is 30.7 Å². The molecule has 1 N–H and O–H groups in total. The number of methoxy groups -OCH3 is 2. The van der Waals surface area contributed by atoms with Crippen molar-refractivity contribution in [3.05, 3.63) is 62.1 Å². The van der Waals surface area contributed by atoms with Crippen LogP contribution >= 0.6 is 15.9 Å². The average molecular weight is 451 g/mol. The summed E-state index contributed by atoms with van der Waals surface area (Å²) >= 11 is 3.47. The minimum Gasteiger partial charge on any atom is -0.493 e. The van der Waals surface area contributed by atoms with Gasteiger partial charge in [-0.1, -0.05) is 28.1 Å². The van der Waals surface area contributed by atoms with E-state index in [0.29, 0.717) is 23.6 Å². The zero-order valence-electron chi connectivity index (χ0n) is 16.1. The molecule has 1 aliphatic rings. The Morgan fingerprint density at radius 2 is 1.71 bits per heavy atom. The number of nitrogens with zero attached hydrogens (tertiary/aromatic N) is 2. The number of nitro groups is 1. The molecule has 0 bridgehead atoms. The van der Waals surface area contributed by atoms with E-state index in [9.17, 15) is 10.1 Å². The summed E-state index contributed by atoms with van der Waals surface area (Å²) in [6.07, 6.45) is 0. The second-order valence-electron chi connectivity index (χ2n) is 6.92. The summed E-state index contributed by atoms with van der Waals surface area (Å²) in [5.41, 5.74) is 2.04. The fourth-order valence-corrected chi connectivity index (χ4v) is 3.81. The molecule has 0 aromatic heterocycles. The zero-order valence-corrected chi connectivity index (χ0v) is 17.7. The highest BCUT2D eigenvalue weighted by Gasteiger charge is 2.25. The highest BCUT2D eigenvalue weighted by molar-refractivity contribution is 9.10. The lowest BCUT2D eigenvalue weighted by Gasteiger charge is -2.32. The molecule has 2 aromatic rings. The first-order valence-electron chi connectivity index (χ1n) is 9.20. The van der Waals surface area contributed by atoms with Crippen molar-refractivity contribution in [1.82, 2.24) is 4.90 Å². The Morgan fingerprint density at radius 3 is 2.29 bits per heavy atom. The van der Waals surface area contributed by atoms with Crippen molar-refractivity contribution in [2.24, 2.45) is 0 Å². The highest BCUT2D eigenvalue weighted by atomic mass is 79.9. The summed E-state index contributed by atoms with van der Waals surface area (Å²) in [7, 11) is 3.02. The van der Waals surface area contributed by atoms with Gasteiger partial charge in [-0.3, -0.25) is 15.0 Å². The molecule has 8 heteroatoms. The molecule has 0 unspecified atom stereocenters. The van der Waals surface area contributed by atoms with Crippen LogP contribution in [0.4, 0.5) is 5.69 Å². The van der Waals surface area contributed by atoms with Crippen LogP contribution in [0.1, 0.15) is 11.1 Å². The lowest BCUT2D eigenvalue weighted by Crippen LogP contribution is -3.13. The third-order valence-electron chi connectivity index (χ3n) is 5.11. The summed E-state index contributed by atoms with van der Waals surface area (Å²) in [5.74, 6) is 0.893. The van der Waals surface area contributed by atoms with Crippen LogP contribution in [0.25, 0.3) is 0 Å². The molecular formula is C20H25BrN3O4+. The smallest absolute Gasteiger partial charge is 0.277 e. The number of benzene rings is 2. The van der Waals surface area contributed by atoms with E-state index in [0.717, 1.165) is 37.2 Å². The first-order chi connectivity index (χ1) is 13.5. The number of nitrogens with one attached hydrogen (secondary N) is 1. The molecule has 1 aliphatic heterocycles. The number of hydrogen-bond donors (Lipinski definition) is 1. The van der Waals surface area contributed by atoms with Gasteiger partial charge in [0.15, 0.2) is 11.5 Å². The Morgan fingerprint density at radius 1 is 1.11 bits per heavy atom. The predicted molar refractivity (Wildman–Crippen MR) is 110 cm³/mol. The van der Waals surface area contributed by atoms with E-state index < -0.39 is 0 Å². The minimum absolute atomic E-state index is 0.0716. The topological polar surface area (TPSA) is 69.3 Å². The Labute approximate surface area is 173 Å². The molecule has 7 nitrogen and oxygen atoms in total. The van der Waals surface area contributed by atoms with Gasteiger partial charge in [-0.05, 0) is 18.2 Å². The molecule has 28 heavy (non-hydrogen) atoms. The molecule has 2 aromatic carbocycles. The zero-order chi connectivity index (χ0) is 20.1. The van der Waals surface area contributed by atoms with Crippen LogP contribution in [-0.4, -0.2) is 50.2 Å². The quantitative estimate of drug-likeness (QED) is 0.517. The van der Waals surface area contributed by atoms with Crippen molar-refractivity contribution < 1.29 is 19.3 Å². The van der Waals surface area contributed by atoms with Gasteiger partial charge in [0.05, 0.1) is 38.3 Å². The Kier molecular flexibility index (Phi) is 6.88. The number of rotatable bonds is 7. The molecule has 0 aliphatic carbocycles. The van der Waals surface area contributed by atoms with E-state index in [4.69, 9.17) is 9.47 Å². The van der Waals surface area contributed by atoms with Crippen LogP contribution in [0, 0.1) is 10.1 Å². The first-order valence-corrected chi connectivity index (χ1v) is 9.99. The normalized spacial score (nSPS) is 15.4. The van der Waals surface area contributed by atoms with Gasteiger partial charge in [-0.25, -0.2) is 0 Å². The molecule has 0 amide bonds. The third kappa shape index (κ3) is 5.01. The molecule has 1 saturated heterocycles. The van der Waals surface area contributed by atoms with Crippen LogP contribution in [0.5, 0.6) is 11.5 Å².